The zero-order valence-electron chi connectivity index (χ0n) is 10.2. The summed E-state index contributed by atoms with van der Waals surface area (Å²) >= 11 is 0. The van der Waals surface area contributed by atoms with Gasteiger partial charge in [0.05, 0.1) is 0 Å². The minimum Gasteiger partial charge on any atom is -0.479 e. The Hall–Kier alpha value is -1.50. The van der Waals surface area contributed by atoms with Gasteiger partial charge in [-0.05, 0) is 18.8 Å². The molecule has 4 heteroatoms. The lowest BCUT2D eigenvalue weighted by Gasteiger charge is -2.39. The van der Waals surface area contributed by atoms with Gasteiger partial charge in [0, 0.05) is 12.8 Å². The van der Waals surface area contributed by atoms with Gasteiger partial charge in [0.2, 0.25) is 5.91 Å². The fourth-order valence-electron chi connectivity index (χ4n) is 2.40. The highest BCUT2D eigenvalue weighted by atomic mass is 16.4. The Labute approximate surface area is 102 Å². The Morgan fingerprint density at radius 2 is 2.24 bits per heavy atom. The molecule has 0 aromatic carbocycles. The second-order valence-corrected chi connectivity index (χ2v) is 4.68. The zero-order valence-corrected chi connectivity index (χ0v) is 10.2. The second kappa shape index (κ2) is 5.72. The number of carboxylic acids is 1. The fraction of sp³-hybridized carbons (Fsp3) is 0.692. The van der Waals surface area contributed by atoms with E-state index < -0.39 is 11.5 Å². The Kier molecular flexibility index (Phi) is 4.56. The van der Waals surface area contributed by atoms with Gasteiger partial charge in [0.25, 0.3) is 0 Å². The van der Waals surface area contributed by atoms with Gasteiger partial charge >= 0.3 is 5.97 Å². The first-order valence-electron chi connectivity index (χ1n) is 6.01. The van der Waals surface area contributed by atoms with Crippen LogP contribution in [0.1, 0.15) is 45.4 Å². The van der Waals surface area contributed by atoms with Crippen molar-refractivity contribution in [3.8, 4) is 12.3 Å². The first-order valence-corrected chi connectivity index (χ1v) is 6.01. The summed E-state index contributed by atoms with van der Waals surface area (Å²) in [5, 5.41) is 12.1. The molecular formula is C13H19NO3. The largest absolute Gasteiger partial charge is 0.479 e. The van der Waals surface area contributed by atoms with E-state index in [1.807, 2.05) is 6.92 Å². The molecule has 2 unspecified atom stereocenters. The van der Waals surface area contributed by atoms with Gasteiger partial charge in [-0.2, -0.15) is 0 Å². The van der Waals surface area contributed by atoms with E-state index in [1.54, 1.807) is 0 Å². The van der Waals surface area contributed by atoms with E-state index in [0.29, 0.717) is 12.8 Å². The summed E-state index contributed by atoms with van der Waals surface area (Å²) < 4.78 is 0. The number of carbonyl (C=O) groups is 2. The van der Waals surface area contributed by atoms with Gasteiger partial charge in [-0.15, -0.1) is 12.3 Å². The fourth-order valence-corrected chi connectivity index (χ4v) is 2.40. The number of aliphatic carboxylic acids is 1. The van der Waals surface area contributed by atoms with Crippen LogP contribution >= 0.6 is 0 Å². The van der Waals surface area contributed by atoms with Crippen molar-refractivity contribution < 1.29 is 14.7 Å². The molecule has 0 bridgehead atoms. The number of nitrogens with one attached hydrogen (secondary N) is 1. The Balaban J connectivity index is 2.75. The monoisotopic (exact) mass is 237 g/mol. The summed E-state index contributed by atoms with van der Waals surface area (Å²) in [5.41, 5.74) is -1.09. The summed E-state index contributed by atoms with van der Waals surface area (Å²) in [7, 11) is 0. The molecule has 4 nitrogen and oxygen atoms in total. The van der Waals surface area contributed by atoms with Crippen LogP contribution in [0.3, 0.4) is 0 Å². The molecule has 1 aliphatic rings. The maximum Gasteiger partial charge on any atom is 0.329 e. The molecule has 1 aliphatic carbocycles. The molecule has 2 N–H and O–H groups in total. The normalized spacial score (nSPS) is 28.1. The van der Waals surface area contributed by atoms with Crippen molar-refractivity contribution in [2.24, 2.45) is 5.92 Å². The van der Waals surface area contributed by atoms with E-state index in [2.05, 4.69) is 11.2 Å². The molecule has 94 valence electrons. The molecule has 17 heavy (non-hydrogen) atoms. The van der Waals surface area contributed by atoms with Gasteiger partial charge in [-0.3, -0.25) is 4.79 Å². The summed E-state index contributed by atoms with van der Waals surface area (Å²) in [6, 6.07) is 0. The number of hydrogen-bond acceptors (Lipinski definition) is 2. The summed E-state index contributed by atoms with van der Waals surface area (Å²) in [5.74, 6) is 1.15. The smallest absolute Gasteiger partial charge is 0.329 e. The average molecular weight is 237 g/mol. The molecule has 1 saturated carbocycles. The lowest BCUT2D eigenvalue weighted by atomic mass is 9.73. The van der Waals surface area contributed by atoms with Crippen LogP contribution in [0.2, 0.25) is 0 Å². The summed E-state index contributed by atoms with van der Waals surface area (Å²) in [4.78, 5) is 23.1. The lowest BCUT2D eigenvalue weighted by molar-refractivity contribution is -0.152. The molecule has 0 saturated heterocycles. The lowest BCUT2D eigenvalue weighted by Crippen LogP contribution is -2.59. The van der Waals surface area contributed by atoms with E-state index in [4.69, 9.17) is 6.42 Å². The first-order chi connectivity index (χ1) is 8.03. The van der Waals surface area contributed by atoms with Crippen LogP contribution in [0, 0.1) is 18.3 Å². The third-order valence-corrected chi connectivity index (χ3v) is 3.54. The van der Waals surface area contributed by atoms with Crippen LogP contribution in [-0.4, -0.2) is 22.5 Å². The quantitative estimate of drug-likeness (QED) is 0.729. The molecule has 0 aromatic heterocycles. The number of amides is 1. The number of hydrogen-bond donors (Lipinski definition) is 2. The molecule has 0 aromatic rings. The average Bonchev–Trinajstić information content (AvgIpc) is 2.29. The maximum absolute atomic E-state index is 11.7. The van der Waals surface area contributed by atoms with E-state index in [9.17, 15) is 14.7 Å². The maximum atomic E-state index is 11.7. The number of carbonyl (C=O) groups excluding carboxylic acids is 1. The molecule has 0 heterocycles. The van der Waals surface area contributed by atoms with E-state index >= 15 is 0 Å². The van der Waals surface area contributed by atoms with Gasteiger partial charge in [-0.25, -0.2) is 4.79 Å². The van der Waals surface area contributed by atoms with Crippen molar-refractivity contribution in [2.75, 3.05) is 0 Å². The van der Waals surface area contributed by atoms with Crippen LogP contribution in [0.15, 0.2) is 0 Å². The molecule has 2 atom stereocenters. The summed E-state index contributed by atoms with van der Waals surface area (Å²) in [6.07, 6.45) is 8.82. The van der Waals surface area contributed by atoms with Crippen molar-refractivity contribution >= 4 is 11.9 Å². The van der Waals surface area contributed by atoms with Crippen molar-refractivity contribution in [1.29, 1.82) is 0 Å². The van der Waals surface area contributed by atoms with Crippen LogP contribution in [0.5, 0.6) is 0 Å². The first kappa shape index (κ1) is 13.6. The van der Waals surface area contributed by atoms with Crippen molar-refractivity contribution in [2.45, 2.75) is 51.0 Å². The Morgan fingerprint density at radius 3 is 2.76 bits per heavy atom. The molecule has 0 radical (unpaired) electrons. The minimum atomic E-state index is -1.09. The van der Waals surface area contributed by atoms with Crippen LogP contribution in [0.25, 0.3) is 0 Å². The zero-order chi connectivity index (χ0) is 12.9. The molecule has 1 amide bonds. The van der Waals surface area contributed by atoms with E-state index in [-0.39, 0.29) is 18.2 Å². The number of terminal acetylenes is 1. The van der Waals surface area contributed by atoms with Gasteiger partial charge in [0.15, 0.2) is 0 Å². The SMILES string of the molecule is C#CCCC(=O)NC1(C(=O)O)CCCCC1C. The third kappa shape index (κ3) is 3.00. The highest BCUT2D eigenvalue weighted by Crippen LogP contribution is 2.34. The highest BCUT2D eigenvalue weighted by Gasteiger charge is 2.46. The second-order valence-electron chi connectivity index (χ2n) is 4.68. The Morgan fingerprint density at radius 1 is 1.53 bits per heavy atom. The summed E-state index contributed by atoms with van der Waals surface area (Å²) in [6.45, 7) is 1.88. The van der Waals surface area contributed by atoms with Crippen LogP contribution in [0.4, 0.5) is 0 Å². The van der Waals surface area contributed by atoms with Gasteiger partial charge in [0.1, 0.15) is 5.54 Å². The molecule has 1 rings (SSSR count). The highest BCUT2D eigenvalue weighted by molar-refractivity contribution is 5.87. The molecular weight excluding hydrogens is 218 g/mol. The Bertz CT molecular complexity index is 345. The van der Waals surface area contributed by atoms with E-state index in [0.717, 1.165) is 19.3 Å². The van der Waals surface area contributed by atoms with Crippen LogP contribution in [-0.2, 0) is 9.59 Å². The predicted molar refractivity (Wildman–Crippen MR) is 64.2 cm³/mol. The van der Waals surface area contributed by atoms with Crippen molar-refractivity contribution in [3.05, 3.63) is 0 Å². The van der Waals surface area contributed by atoms with Crippen molar-refractivity contribution in [1.82, 2.24) is 5.32 Å². The standard InChI is InChI=1S/C13H19NO3/c1-3-4-8-11(15)14-13(12(16)17)9-6-5-7-10(13)2/h1,10H,4-9H2,2H3,(H,14,15)(H,16,17). The molecule has 0 spiro atoms. The predicted octanol–water partition coefficient (Wildman–Crippen LogP) is 1.55. The van der Waals surface area contributed by atoms with Gasteiger partial charge < -0.3 is 10.4 Å². The minimum absolute atomic E-state index is 0.0384. The van der Waals surface area contributed by atoms with Crippen molar-refractivity contribution in [3.63, 3.8) is 0 Å². The number of carboxylic acid groups (broad SMARTS) is 1. The van der Waals surface area contributed by atoms with E-state index in [1.165, 1.54) is 0 Å². The van der Waals surface area contributed by atoms with Crippen LogP contribution < -0.4 is 5.32 Å². The molecule has 1 fully saturated rings. The topological polar surface area (TPSA) is 66.4 Å². The molecule has 0 aliphatic heterocycles. The third-order valence-electron chi connectivity index (χ3n) is 3.54. The van der Waals surface area contributed by atoms with Gasteiger partial charge in [-0.1, -0.05) is 19.8 Å². The number of rotatable bonds is 4.